The van der Waals surface area contributed by atoms with Crippen molar-refractivity contribution in [2.75, 3.05) is 19.6 Å². The van der Waals surface area contributed by atoms with Crippen LogP contribution in [0.1, 0.15) is 38.9 Å². The molecule has 0 saturated carbocycles. The number of carbonyl (C=O) groups is 1. The number of nitrogens with one attached hydrogen (secondary N) is 1. The van der Waals surface area contributed by atoms with Gasteiger partial charge >= 0.3 is 0 Å². The molecule has 1 aromatic rings. The third-order valence-electron chi connectivity index (χ3n) is 3.96. The number of furan rings is 1. The van der Waals surface area contributed by atoms with Crippen LogP contribution in [-0.4, -0.2) is 36.5 Å². The van der Waals surface area contributed by atoms with E-state index in [0.717, 1.165) is 25.4 Å². The molecule has 2 rings (SSSR count). The van der Waals surface area contributed by atoms with E-state index in [1.807, 2.05) is 17.0 Å². The number of piperidine rings is 1. The van der Waals surface area contributed by atoms with Gasteiger partial charge in [-0.15, -0.1) is 0 Å². The van der Waals surface area contributed by atoms with Crippen molar-refractivity contribution in [1.82, 2.24) is 10.2 Å². The Balaban J connectivity index is 1.84. The lowest BCUT2D eigenvalue weighted by Gasteiger charge is -2.33. The van der Waals surface area contributed by atoms with Crippen molar-refractivity contribution in [3.05, 3.63) is 24.2 Å². The summed E-state index contributed by atoms with van der Waals surface area (Å²) in [5.41, 5.74) is 0. The van der Waals surface area contributed by atoms with E-state index in [4.69, 9.17) is 4.42 Å². The summed E-state index contributed by atoms with van der Waals surface area (Å²) in [4.78, 5) is 14.4. The number of nitrogens with zero attached hydrogens (tertiary/aromatic N) is 1. The molecule has 0 bridgehead atoms. The van der Waals surface area contributed by atoms with Crippen molar-refractivity contribution in [1.29, 1.82) is 0 Å². The standard InChI is InChI=1S/C16H26N2O2/c1-13(2)18(12-14-5-3-9-17-11-14)16(19)8-7-15-6-4-10-20-15/h4,6,10,13-14,17H,3,5,7-9,11-12H2,1-2H3. The highest BCUT2D eigenvalue weighted by Gasteiger charge is 2.22. The zero-order valence-corrected chi connectivity index (χ0v) is 12.6. The molecule has 1 N–H and O–H groups in total. The highest BCUT2D eigenvalue weighted by atomic mass is 16.3. The zero-order chi connectivity index (χ0) is 14.4. The van der Waals surface area contributed by atoms with E-state index in [1.54, 1.807) is 6.26 Å². The second kappa shape index (κ2) is 7.48. The van der Waals surface area contributed by atoms with Gasteiger partial charge in [0.2, 0.25) is 5.91 Å². The molecule has 1 aliphatic rings. The van der Waals surface area contributed by atoms with E-state index < -0.39 is 0 Å². The molecule has 0 spiro atoms. The van der Waals surface area contributed by atoms with Crippen molar-refractivity contribution in [2.24, 2.45) is 5.92 Å². The van der Waals surface area contributed by atoms with Crippen LogP contribution in [0.15, 0.2) is 22.8 Å². The summed E-state index contributed by atoms with van der Waals surface area (Å²) in [5, 5.41) is 3.42. The molecule has 2 heterocycles. The van der Waals surface area contributed by atoms with E-state index >= 15 is 0 Å². The van der Waals surface area contributed by atoms with E-state index in [0.29, 0.717) is 18.8 Å². The second-order valence-electron chi connectivity index (χ2n) is 5.93. The topological polar surface area (TPSA) is 45.5 Å². The van der Waals surface area contributed by atoms with Crippen molar-refractivity contribution < 1.29 is 9.21 Å². The molecule has 0 radical (unpaired) electrons. The van der Waals surface area contributed by atoms with Crippen LogP contribution in [-0.2, 0) is 11.2 Å². The van der Waals surface area contributed by atoms with E-state index in [2.05, 4.69) is 19.2 Å². The molecule has 20 heavy (non-hydrogen) atoms. The molecule has 1 aliphatic heterocycles. The normalized spacial score (nSPS) is 19.2. The Kier molecular flexibility index (Phi) is 5.65. The van der Waals surface area contributed by atoms with Crippen LogP contribution in [0.25, 0.3) is 0 Å². The summed E-state index contributed by atoms with van der Waals surface area (Å²) in [6.45, 7) is 7.23. The fourth-order valence-corrected chi connectivity index (χ4v) is 2.79. The average molecular weight is 278 g/mol. The molecule has 1 amide bonds. The molecule has 1 saturated heterocycles. The molecule has 1 aromatic heterocycles. The second-order valence-corrected chi connectivity index (χ2v) is 5.93. The fraction of sp³-hybridized carbons (Fsp3) is 0.688. The van der Waals surface area contributed by atoms with Crippen LogP contribution in [0.2, 0.25) is 0 Å². The maximum Gasteiger partial charge on any atom is 0.223 e. The zero-order valence-electron chi connectivity index (χ0n) is 12.6. The molecular weight excluding hydrogens is 252 g/mol. The van der Waals surface area contributed by atoms with Gasteiger partial charge in [-0.3, -0.25) is 4.79 Å². The van der Waals surface area contributed by atoms with Gasteiger partial charge in [-0.2, -0.15) is 0 Å². The number of hydrogen-bond donors (Lipinski definition) is 1. The Morgan fingerprint density at radius 3 is 3.00 bits per heavy atom. The van der Waals surface area contributed by atoms with Crippen molar-refractivity contribution in [3.63, 3.8) is 0 Å². The maximum absolute atomic E-state index is 12.4. The summed E-state index contributed by atoms with van der Waals surface area (Å²) in [6.07, 6.45) is 5.33. The van der Waals surface area contributed by atoms with E-state index in [9.17, 15) is 4.79 Å². The average Bonchev–Trinajstić information content (AvgIpc) is 2.96. The molecule has 112 valence electrons. The largest absolute Gasteiger partial charge is 0.469 e. The number of carbonyl (C=O) groups excluding carboxylic acids is 1. The molecule has 1 atom stereocenters. The first-order valence-corrected chi connectivity index (χ1v) is 7.69. The Morgan fingerprint density at radius 2 is 2.40 bits per heavy atom. The van der Waals surface area contributed by atoms with Gasteiger partial charge in [0, 0.05) is 25.4 Å². The van der Waals surface area contributed by atoms with Gasteiger partial charge < -0.3 is 14.6 Å². The Morgan fingerprint density at radius 1 is 1.55 bits per heavy atom. The fourth-order valence-electron chi connectivity index (χ4n) is 2.79. The third-order valence-corrected chi connectivity index (χ3v) is 3.96. The SMILES string of the molecule is CC(C)N(CC1CCCNC1)C(=O)CCc1ccco1. The first kappa shape index (κ1) is 15.1. The van der Waals surface area contributed by atoms with Crippen molar-refractivity contribution in [2.45, 2.75) is 45.6 Å². The molecule has 0 aliphatic carbocycles. The summed E-state index contributed by atoms with van der Waals surface area (Å²) < 4.78 is 5.29. The third kappa shape index (κ3) is 4.37. The van der Waals surface area contributed by atoms with Crippen molar-refractivity contribution >= 4 is 5.91 Å². The minimum absolute atomic E-state index is 0.238. The summed E-state index contributed by atoms with van der Waals surface area (Å²) >= 11 is 0. The first-order valence-electron chi connectivity index (χ1n) is 7.69. The van der Waals surface area contributed by atoms with Crippen LogP contribution >= 0.6 is 0 Å². The number of aryl methyl sites for hydroxylation is 1. The van der Waals surface area contributed by atoms with Gasteiger partial charge in [0.1, 0.15) is 5.76 Å². The molecule has 4 nitrogen and oxygen atoms in total. The molecule has 4 heteroatoms. The summed E-state index contributed by atoms with van der Waals surface area (Å²) in [5.74, 6) is 1.72. The summed E-state index contributed by atoms with van der Waals surface area (Å²) in [7, 11) is 0. The minimum Gasteiger partial charge on any atom is -0.469 e. The lowest BCUT2D eigenvalue weighted by atomic mass is 9.98. The minimum atomic E-state index is 0.238. The van der Waals surface area contributed by atoms with Crippen LogP contribution in [0.4, 0.5) is 0 Å². The number of rotatable bonds is 6. The lowest BCUT2D eigenvalue weighted by Crippen LogP contribution is -2.44. The number of amides is 1. The summed E-state index contributed by atoms with van der Waals surface area (Å²) in [6, 6.07) is 4.06. The molecule has 1 unspecified atom stereocenters. The monoisotopic (exact) mass is 278 g/mol. The quantitative estimate of drug-likeness (QED) is 0.869. The van der Waals surface area contributed by atoms with Gasteiger partial charge in [-0.25, -0.2) is 0 Å². The van der Waals surface area contributed by atoms with Gasteiger partial charge in [0.05, 0.1) is 6.26 Å². The lowest BCUT2D eigenvalue weighted by molar-refractivity contribution is -0.133. The Hall–Kier alpha value is -1.29. The van der Waals surface area contributed by atoms with Crippen LogP contribution in [0.5, 0.6) is 0 Å². The number of hydrogen-bond acceptors (Lipinski definition) is 3. The highest BCUT2D eigenvalue weighted by Crippen LogP contribution is 2.15. The Bertz CT molecular complexity index is 395. The predicted octanol–water partition coefficient (Wildman–Crippen LogP) is 2.45. The predicted molar refractivity (Wildman–Crippen MR) is 79.5 cm³/mol. The van der Waals surface area contributed by atoms with Crippen molar-refractivity contribution in [3.8, 4) is 0 Å². The van der Waals surface area contributed by atoms with Crippen LogP contribution in [0.3, 0.4) is 0 Å². The Labute approximate surface area is 121 Å². The van der Waals surface area contributed by atoms with Gasteiger partial charge in [0.15, 0.2) is 0 Å². The van der Waals surface area contributed by atoms with Gasteiger partial charge in [0.25, 0.3) is 0 Å². The first-order chi connectivity index (χ1) is 9.66. The smallest absolute Gasteiger partial charge is 0.223 e. The van der Waals surface area contributed by atoms with Gasteiger partial charge in [-0.1, -0.05) is 0 Å². The van der Waals surface area contributed by atoms with Crippen LogP contribution < -0.4 is 5.32 Å². The maximum atomic E-state index is 12.4. The molecular formula is C16H26N2O2. The van der Waals surface area contributed by atoms with Crippen LogP contribution in [0, 0.1) is 5.92 Å². The van der Waals surface area contributed by atoms with E-state index in [1.165, 1.54) is 12.8 Å². The van der Waals surface area contributed by atoms with E-state index in [-0.39, 0.29) is 11.9 Å². The molecule has 1 fully saturated rings. The van der Waals surface area contributed by atoms with Gasteiger partial charge in [-0.05, 0) is 57.8 Å². The molecule has 0 aromatic carbocycles. The highest BCUT2D eigenvalue weighted by molar-refractivity contribution is 5.76.